The Kier molecular flexibility index (Phi) is 5.82. The van der Waals surface area contributed by atoms with Crippen molar-refractivity contribution in [3.05, 3.63) is 76.1 Å². The minimum atomic E-state index is -4.55. The van der Waals surface area contributed by atoms with Gasteiger partial charge in [0.2, 0.25) is 5.95 Å². The highest BCUT2D eigenvalue weighted by Crippen LogP contribution is 2.43. The van der Waals surface area contributed by atoms with Gasteiger partial charge in [0, 0.05) is 24.7 Å². The molecule has 1 aromatic heterocycles. The number of nitrogens with zero attached hydrogens (tertiary/aromatic N) is 2. The van der Waals surface area contributed by atoms with Crippen LogP contribution < -0.4 is 15.4 Å². The third-order valence-electron chi connectivity index (χ3n) is 6.08. The Balaban J connectivity index is 1.58. The van der Waals surface area contributed by atoms with Crippen LogP contribution in [0.2, 0.25) is 5.02 Å². The summed E-state index contributed by atoms with van der Waals surface area (Å²) in [7, 11) is 1.74. The molecule has 5 rings (SSSR count). The summed E-state index contributed by atoms with van der Waals surface area (Å²) in [6.45, 7) is 3.73. The van der Waals surface area contributed by atoms with E-state index in [0.717, 1.165) is 12.1 Å². The fraction of sp³-hybridized carbons (Fsp3) is 0.231. The van der Waals surface area contributed by atoms with E-state index in [4.69, 9.17) is 16.3 Å². The number of hydrogen-bond donors (Lipinski definition) is 2. The van der Waals surface area contributed by atoms with Crippen molar-refractivity contribution in [1.29, 1.82) is 0 Å². The maximum absolute atomic E-state index is 14.4. The molecule has 6 nitrogen and oxygen atoms in total. The lowest BCUT2D eigenvalue weighted by Crippen LogP contribution is -2.25. The zero-order valence-corrected chi connectivity index (χ0v) is 20.7. The van der Waals surface area contributed by atoms with E-state index in [1.165, 1.54) is 30.3 Å². The van der Waals surface area contributed by atoms with E-state index < -0.39 is 29.1 Å². The van der Waals surface area contributed by atoms with Crippen molar-refractivity contribution in [2.45, 2.75) is 32.0 Å². The van der Waals surface area contributed by atoms with Crippen LogP contribution in [0.25, 0.3) is 11.0 Å². The molecule has 0 atom stereocenters. The first-order valence-corrected chi connectivity index (χ1v) is 11.6. The summed E-state index contributed by atoms with van der Waals surface area (Å²) >= 11 is 6.16. The number of carbonyl (C=O) groups is 1. The van der Waals surface area contributed by atoms with Crippen molar-refractivity contribution < 1.29 is 27.1 Å². The standard InChI is InChI=1S/C26H21ClF4N4O2/c1-25(2)12-16-21-19(33-24(35(21)3)34-20-17(27)8-5-9-18(20)28)11-15(22(16)37-25)23(36)32-14-7-4-6-13(10-14)26(29,30)31/h4-11H,12H2,1-3H3,(H,32,36)(H,33,34). The summed E-state index contributed by atoms with van der Waals surface area (Å²) in [5.74, 6) is -0.604. The maximum atomic E-state index is 14.4. The van der Waals surface area contributed by atoms with Crippen LogP contribution in [0.1, 0.15) is 35.3 Å². The molecule has 1 amide bonds. The summed E-state index contributed by atoms with van der Waals surface area (Å²) in [5, 5.41) is 5.62. The second-order valence-electron chi connectivity index (χ2n) is 9.39. The SMILES string of the molecule is Cn1c(Nc2c(F)cccc2Cl)nc2cc(C(=O)Nc3cccc(C(F)(F)F)c3)c3c(c21)CC(C)(C)O3. The largest absolute Gasteiger partial charge is 0.486 e. The molecule has 1 aliphatic rings. The third kappa shape index (κ3) is 4.57. The summed E-state index contributed by atoms with van der Waals surface area (Å²) in [6.07, 6.45) is -4.10. The zero-order chi connectivity index (χ0) is 26.7. The normalized spacial score (nSPS) is 14.4. The van der Waals surface area contributed by atoms with Crippen LogP contribution in [-0.4, -0.2) is 21.1 Å². The fourth-order valence-electron chi connectivity index (χ4n) is 4.45. The first-order valence-electron chi connectivity index (χ1n) is 11.2. The number of amides is 1. The van der Waals surface area contributed by atoms with Gasteiger partial charge in [-0.25, -0.2) is 9.37 Å². The van der Waals surface area contributed by atoms with Gasteiger partial charge in [0.25, 0.3) is 5.91 Å². The maximum Gasteiger partial charge on any atom is 0.416 e. The van der Waals surface area contributed by atoms with Crippen LogP contribution >= 0.6 is 11.6 Å². The van der Waals surface area contributed by atoms with E-state index in [1.807, 2.05) is 13.8 Å². The molecule has 192 valence electrons. The van der Waals surface area contributed by atoms with Gasteiger partial charge in [-0.1, -0.05) is 23.7 Å². The van der Waals surface area contributed by atoms with Gasteiger partial charge in [-0.2, -0.15) is 13.2 Å². The van der Waals surface area contributed by atoms with Crippen molar-refractivity contribution in [3.8, 4) is 5.75 Å². The molecule has 0 saturated heterocycles. The Morgan fingerprint density at radius 3 is 2.59 bits per heavy atom. The lowest BCUT2D eigenvalue weighted by atomic mass is 9.98. The second kappa shape index (κ2) is 8.65. The van der Waals surface area contributed by atoms with Gasteiger partial charge < -0.3 is 19.9 Å². The lowest BCUT2D eigenvalue weighted by Gasteiger charge is -2.18. The van der Waals surface area contributed by atoms with Crippen molar-refractivity contribution in [2.75, 3.05) is 10.6 Å². The predicted octanol–water partition coefficient (Wildman–Crippen LogP) is 7.09. The topological polar surface area (TPSA) is 68.2 Å². The van der Waals surface area contributed by atoms with Crippen molar-refractivity contribution in [3.63, 3.8) is 0 Å². The monoisotopic (exact) mass is 532 g/mol. The first kappa shape index (κ1) is 24.9. The molecule has 0 bridgehead atoms. The average molecular weight is 533 g/mol. The molecular weight excluding hydrogens is 512 g/mol. The molecule has 2 N–H and O–H groups in total. The molecule has 0 unspecified atom stereocenters. The van der Waals surface area contributed by atoms with Crippen LogP contribution in [0.15, 0.2) is 48.5 Å². The number of carbonyl (C=O) groups excluding carboxylic acids is 1. The van der Waals surface area contributed by atoms with E-state index in [1.54, 1.807) is 17.7 Å². The van der Waals surface area contributed by atoms with Crippen molar-refractivity contribution in [2.24, 2.45) is 7.05 Å². The van der Waals surface area contributed by atoms with E-state index in [-0.39, 0.29) is 27.9 Å². The van der Waals surface area contributed by atoms with E-state index in [9.17, 15) is 22.4 Å². The molecule has 37 heavy (non-hydrogen) atoms. The fourth-order valence-corrected chi connectivity index (χ4v) is 4.66. The minimum absolute atomic E-state index is 0.0106. The molecule has 11 heteroatoms. The van der Waals surface area contributed by atoms with Gasteiger partial charge >= 0.3 is 6.18 Å². The number of fused-ring (bicyclic) bond motifs is 3. The number of alkyl halides is 3. The van der Waals surface area contributed by atoms with E-state index in [2.05, 4.69) is 15.6 Å². The Morgan fingerprint density at radius 2 is 1.89 bits per heavy atom. The number of halogens is 5. The smallest absolute Gasteiger partial charge is 0.416 e. The van der Waals surface area contributed by atoms with Crippen LogP contribution in [0, 0.1) is 5.82 Å². The molecule has 0 radical (unpaired) electrons. The lowest BCUT2D eigenvalue weighted by molar-refractivity contribution is -0.137. The number of hydrogen-bond acceptors (Lipinski definition) is 4. The van der Waals surface area contributed by atoms with Gasteiger partial charge in [-0.3, -0.25) is 4.79 Å². The minimum Gasteiger partial charge on any atom is -0.486 e. The van der Waals surface area contributed by atoms with Gasteiger partial charge in [0.05, 0.1) is 32.9 Å². The molecule has 0 spiro atoms. The second-order valence-corrected chi connectivity index (χ2v) is 9.79. The highest BCUT2D eigenvalue weighted by atomic mass is 35.5. The number of rotatable bonds is 4. The number of aromatic nitrogens is 2. The van der Waals surface area contributed by atoms with Gasteiger partial charge in [-0.05, 0) is 50.2 Å². The Bertz CT molecular complexity index is 1540. The number of imidazole rings is 1. The summed E-state index contributed by atoms with van der Waals surface area (Å²) in [5.41, 5.74) is 0.447. The van der Waals surface area contributed by atoms with Gasteiger partial charge in [0.15, 0.2) is 0 Å². The molecule has 0 saturated carbocycles. The number of para-hydroxylation sites is 1. The van der Waals surface area contributed by atoms with Crippen LogP contribution in [0.5, 0.6) is 5.75 Å². The van der Waals surface area contributed by atoms with Gasteiger partial charge in [-0.15, -0.1) is 0 Å². The van der Waals surface area contributed by atoms with Crippen molar-refractivity contribution in [1.82, 2.24) is 9.55 Å². The van der Waals surface area contributed by atoms with Crippen LogP contribution in [-0.2, 0) is 19.6 Å². The predicted molar refractivity (Wildman–Crippen MR) is 133 cm³/mol. The number of benzene rings is 3. The molecule has 4 aromatic rings. The van der Waals surface area contributed by atoms with E-state index >= 15 is 0 Å². The summed E-state index contributed by atoms with van der Waals surface area (Å²) in [6, 6.07) is 10.2. The zero-order valence-electron chi connectivity index (χ0n) is 19.9. The quantitative estimate of drug-likeness (QED) is 0.275. The molecule has 1 aliphatic heterocycles. The summed E-state index contributed by atoms with van der Waals surface area (Å²) in [4.78, 5) is 17.8. The number of anilines is 3. The molecule has 0 aliphatic carbocycles. The molecule has 0 fully saturated rings. The summed E-state index contributed by atoms with van der Waals surface area (Å²) < 4.78 is 61.6. The Hall–Kier alpha value is -3.79. The highest BCUT2D eigenvalue weighted by molar-refractivity contribution is 6.33. The number of nitrogens with one attached hydrogen (secondary N) is 2. The van der Waals surface area contributed by atoms with E-state index in [0.29, 0.717) is 28.8 Å². The van der Waals surface area contributed by atoms with Crippen LogP contribution in [0.3, 0.4) is 0 Å². The molecular formula is C26H21ClF4N4O2. The molecule has 3 aromatic carbocycles. The molecule has 2 heterocycles. The van der Waals surface area contributed by atoms with Gasteiger partial charge in [0.1, 0.15) is 17.2 Å². The van der Waals surface area contributed by atoms with Crippen molar-refractivity contribution >= 4 is 45.9 Å². The Labute approximate surface area is 214 Å². The highest BCUT2D eigenvalue weighted by Gasteiger charge is 2.37. The van der Waals surface area contributed by atoms with Crippen LogP contribution in [0.4, 0.5) is 34.9 Å². The average Bonchev–Trinajstić information content (AvgIpc) is 3.30. The number of aryl methyl sites for hydroxylation is 1. The first-order chi connectivity index (χ1) is 17.3. The Morgan fingerprint density at radius 1 is 1.16 bits per heavy atom. The number of ether oxygens (including phenoxy) is 1. The third-order valence-corrected chi connectivity index (χ3v) is 6.40.